The minimum absolute atomic E-state index is 0.0966. The molecule has 154 valence electrons. The number of esters is 1. The maximum Gasteiger partial charge on any atom is 0.378 e. The molecule has 4 aromatic rings. The molecule has 0 fully saturated rings. The van der Waals surface area contributed by atoms with Gasteiger partial charge < -0.3 is 4.74 Å². The number of ether oxygens (including phenoxy) is 1. The molecular weight excluding hydrogens is 390 g/mol. The molecule has 3 aromatic carbocycles. The quantitative estimate of drug-likeness (QED) is 0.343. The summed E-state index contributed by atoms with van der Waals surface area (Å²) in [5.41, 5.74) is 4.25. The Balaban J connectivity index is 1.66. The van der Waals surface area contributed by atoms with Crippen LogP contribution < -0.4 is 0 Å². The molecule has 6 nitrogen and oxygen atoms in total. The maximum atomic E-state index is 12.6. The standard InChI is InChI=1S/C25H21N3O3/c1-17-10-9-15-21(18(17)2)28-24(20-13-7-4-8-14-20)26-23(27-28)25(30)31-16-22(29)19-11-5-3-6-12-19/h3-15H,16H2,1-2H3. The molecule has 31 heavy (non-hydrogen) atoms. The highest BCUT2D eigenvalue weighted by molar-refractivity contribution is 5.98. The SMILES string of the molecule is Cc1cccc(-n2nc(C(=O)OCC(=O)c3ccccc3)nc2-c2ccccc2)c1C. The lowest BCUT2D eigenvalue weighted by Gasteiger charge is -2.10. The summed E-state index contributed by atoms with van der Waals surface area (Å²) < 4.78 is 6.86. The fourth-order valence-corrected chi connectivity index (χ4v) is 3.21. The average molecular weight is 411 g/mol. The summed E-state index contributed by atoms with van der Waals surface area (Å²) in [5, 5.41) is 4.43. The summed E-state index contributed by atoms with van der Waals surface area (Å²) in [7, 11) is 0. The number of aryl methyl sites for hydroxylation is 1. The first-order chi connectivity index (χ1) is 15.0. The zero-order valence-electron chi connectivity index (χ0n) is 17.3. The normalized spacial score (nSPS) is 10.6. The zero-order chi connectivity index (χ0) is 21.8. The van der Waals surface area contributed by atoms with E-state index in [0.717, 1.165) is 22.4 Å². The van der Waals surface area contributed by atoms with E-state index in [1.165, 1.54) is 0 Å². The fourth-order valence-electron chi connectivity index (χ4n) is 3.21. The van der Waals surface area contributed by atoms with Gasteiger partial charge in [-0.2, -0.15) is 0 Å². The van der Waals surface area contributed by atoms with Crippen molar-refractivity contribution in [2.45, 2.75) is 13.8 Å². The summed E-state index contributed by atoms with van der Waals surface area (Å²) in [4.78, 5) is 29.3. The minimum Gasteiger partial charge on any atom is -0.451 e. The Morgan fingerprint density at radius 1 is 0.871 bits per heavy atom. The third kappa shape index (κ3) is 4.28. The van der Waals surface area contributed by atoms with Gasteiger partial charge >= 0.3 is 5.97 Å². The van der Waals surface area contributed by atoms with Crippen LogP contribution in [-0.4, -0.2) is 33.1 Å². The molecule has 0 saturated carbocycles. The number of hydrogen-bond acceptors (Lipinski definition) is 5. The number of nitrogens with zero attached hydrogens (tertiary/aromatic N) is 3. The van der Waals surface area contributed by atoms with E-state index in [1.54, 1.807) is 28.9 Å². The highest BCUT2D eigenvalue weighted by atomic mass is 16.5. The summed E-state index contributed by atoms with van der Waals surface area (Å²) in [6, 6.07) is 24.1. The van der Waals surface area contributed by atoms with E-state index in [1.807, 2.05) is 68.4 Å². The van der Waals surface area contributed by atoms with Crippen LogP contribution >= 0.6 is 0 Å². The molecule has 6 heteroatoms. The Hall–Kier alpha value is -4.06. The zero-order valence-corrected chi connectivity index (χ0v) is 17.3. The maximum absolute atomic E-state index is 12.6. The van der Waals surface area contributed by atoms with Crippen LogP contribution in [0.3, 0.4) is 0 Å². The molecule has 0 aliphatic carbocycles. The second kappa shape index (κ2) is 8.75. The summed E-state index contributed by atoms with van der Waals surface area (Å²) in [6.45, 7) is 3.64. The van der Waals surface area contributed by atoms with Crippen LogP contribution in [0.1, 0.15) is 32.1 Å². The molecule has 0 saturated heterocycles. The molecule has 0 spiro atoms. The van der Waals surface area contributed by atoms with Gasteiger partial charge in [0.05, 0.1) is 5.69 Å². The van der Waals surface area contributed by atoms with Gasteiger partial charge in [0.2, 0.25) is 0 Å². The number of aromatic nitrogens is 3. The molecule has 0 radical (unpaired) electrons. The van der Waals surface area contributed by atoms with E-state index in [4.69, 9.17) is 4.74 Å². The van der Waals surface area contributed by atoms with E-state index in [9.17, 15) is 9.59 Å². The molecule has 0 N–H and O–H groups in total. The van der Waals surface area contributed by atoms with E-state index < -0.39 is 5.97 Å². The number of Topliss-reactive ketones (excluding diaryl/α,β-unsaturated/α-hetero) is 1. The fraction of sp³-hybridized carbons (Fsp3) is 0.120. The lowest BCUT2D eigenvalue weighted by atomic mass is 10.1. The van der Waals surface area contributed by atoms with Gasteiger partial charge in [-0.15, -0.1) is 5.10 Å². The number of benzene rings is 3. The van der Waals surface area contributed by atoms with Crippen LogP contribution in [0.5, 0.6) is 0 Å². The van der Waals surface area contributed by atoms with Crippen molar-refractivity contribution in [3.63, 3.8) is 0 Å². The Bertz CT molecular complexity index is 1230. The smallest absolute Gasteiger partial charge is 0.378 e. The minimum atomic E-state index is -0.745. The summed E-state index contributed by atoms with van der Waals surface area (Å²) in [6.07, 6.45) is 0. The number of ketones is 1. The first kappa shape index (κ1) is 20.2. The Labute approximate surface area is 180 Å². The Morgan fingerprint density at radius 2 is 1.55 bits per heavy atom. The van der Waals surface area contributed by atoms with Crippen molar-refractivity contribution in [1.82, 2.24) is 14.8 Å². The van der Waals surface area contributed by atoms with Crippen LogP contribution in [0.4, 0.5) is 0 Å². The molecule has 0 amide bonds. The van der Waals surface area contributed by atoms with Crippen molar-refractivity contribution in [3.8, 4) is 17.1 Å². The molecule has 1 heterocycles. The van der Waals surface area contributed by atoms with Gasteiger partial charge in [-0.3, -0.25) is 4.79 Å². The molecule has 0 unspecified atom stereocenters. The van der Waals surface area contributed by atoms with Gasteiger partial charge in [0.1, 0.15) is 0 Å². The van der Waals surface area contributed by atoms with Crippen molar-refractivity contribution in [1.29, 1.82) is 0 Å². The highest BCUT2D eigenvalue weighted by Gasteiger charge is 2.22. The van der Waals surface area contributed by atoms with Crippen LogP contribution in [0.25, 0.3) is 17.1 Å². The molecule has 1 aromatic heterocycles. The third-order valence-electron chi connectivity index (χ3n) is 5.06. The van der Waals surface area contributed by atoms with E-state index in [-0.39, 0.29) is 18.2 Å². The number of hydrogen-bond donors (Lipinski definition) is 0. The van der Waals surface area contributed by atoms with E-state index >= 15 is 0 Å². The molecule has 4 rings (SSSR count). The lowest BCUT2D eigenvalue weighted by molar-refractivity contribution is 0.0462. The topological polar surface area (TPSA) is 74.1 Å². The Kier molecular flexibility index (Phi) is 5.71. The van der Waals surface area contributed by atoms with E-state index in [2.05, 4.69) is 10.1 Å². The van der Waals surface area contributed by atoms with Crippen molar-refractivity contribution in [2.24, 2.45) is 0 Å². The Morgan fingerprint density at radius 3 is 2.26 bits per heavy atom. The largest absolute Gasteiger partial charge is 0.451 e. The van der Waals surface area contributed by atoms with Crippen LogP contribution in [0, 0.1) is 13.8 Å². The van der Waals surface area contributed by atoms with Crippen molar-refractivity contribution in [2.75, 3.05) is 6.61 Å². The predicted molar refractivity (Wildman–Crippen MR) is 117 cm³/mol. The second-order valence-electron chi connectivity index (χ2n) is 7.12. The second-order valence-corrected chi connectivity index (χ2v) is 7.12. The van der Waals surface area contributed by atoms with Crippen LogP contribution in [-0.2, 0) is 4.74 Å². The van der Waals surface area contributed by atoms with Gasteiger partial charge in [0.25, 0.3) is 5.82 Å². The summed E-state index contributed by atoms with van der Waals surface area (Å²) >= 11 is 0. The summed E-state index contributed by atoms with van der Waals surface area (Å²) in [5.74, 6) is -0.604. The molecule has 0 bridgehead atoms. The number of rotatable bonds is 6. The van der Waals surface area contributed by atoms with Crippen molar-refractivity contribution in [3.05, 3.63) is 101 Å². The number of carbonyl (C=O) groups is 2. The molecule has 0 aliphatic heterocycles. The van der Waals surface area contributed by atoms with Gasteiger partial charge in [-0.1, -0.05) is 72.8 Å². The van der Waals surface area contributed by atoms with E-state index in [0.29, 0.717) is 11.4 Å². The van der Waals surface area contributed by atoms with Gasteiger partial charge in [0.15, 0.2) is 18.2 Å². The van der Waals surface area contributed by atoms with Gasteiger partial charge in [-0.05, 0) is 31.0 Å². The predicted octanol–water partition coefficient (Wildman–Crippen LogP) is 4.59. The van der Waals surface area contributed by atoms with Gasteiger partial charge in [-0.25, -0.2) is 14.5 Å². The first-order valence-corrected chi connectivity index (χ1v) is 9.89. The molecular formula is C25H21N3O3. The number of carbonyl (C=O) groups excluding carboxylic acids is 2. The highest BCUT2D eigenvalue weighted by Crippen LogP contribution is 2.24. The van der Waals surface area contributed by atoms with Crippen molar-refractivity contribution < 1.29 is 14.3 Å². The lowest BCUT2D eigenvalue weighted by Crippen LogP contribution is -2.15. The third-order valence-corrected chi connectivity index (χ3v) is 5.06. The van der Waals surface area contributed by atoms with Gasteiger partial charge in [0, 0.05) is 11.1 Å². The van der Waals surface area contributed by atoms with Crippen LogP contribution in [0.15, 0.2) is 78.9 Å². The average Bonchev–Trinajstić information content (AvgIpc) is 3.25. The van der Waals surface area contributed by atoms with Crippen molar-refractivity contribution >= 4 is 11.8 Å². The van der Waals surface area contributed by atoms with Crippen LogP contribution in [0.2, 0.25) is 0 Å². The molecule has 0 aliphatic rings. The first-order valence-electron chi connectivity index (χ1n) is 9.89. The monoisotopic (exact) mass is 411 g/mol. The molecule has 0 atom stereocenters.